The molecule has 0 rings (SSSR count). The van der Waals surface area contributed by atoms with Crippen molar-refractivity contribution in [1.29, 1.82) is 0 Å². The maximum Gasteiger partial charge on any atom is 0 e. The van der Waals surface area contributed by atoms with E-state index in [4.69, 9.17) is 0 Å². The third-order valence-corrected chi connectivity index (χ3v) is 0. The van der Waals surface area contributed by atoms with Crippen molar-refractivity contribution in [3.63, 3.8) is 0 Å². The van der Waals surface area contributed by atoms with E-state index in [9.17, 15) is 0 Å². The van der Waals surface area contributed by atoms with Crippen LogP contribution in [0.25, 0.3) is 0 Å². The van der Waals surface area contributed by atoms with Crippen LogP contribution < -0.4 is 0 Å². The predicted octanol–water partition coefficient (Wildman–Crippen LogP) is -1.84. The van der Waals surface area contributed by atoms with Crippen LogP contribution in [0.3, 0.4) is 0 Å². The second kappa shape index (κ2) is 8.85. The Balaban J connectivity index is 0. The Morgan fingerprint density at radius 2 is 1.75 bits per heavy atom. The van der Waals surface area contributed by atoms with Gasteiger partial charge in [-0.2, -0.15) is 0 Å². The van der Waals surface area contributed by atoms with Crippen molar-refractivity contribution in [3.05, 3.63) is 0 Å². The summed E-state index contributed by atoms with van der Waals surface area (Å²) in [7, 11) is 2.23. The zero-order chi connectivity index (χ0) is 2.71. The molecular formula is H4BCoFeSi. The number of hydrogen-bond donors (Lipinski definition) is 0. The van der Waals surface area contributed by atoms with Gasteiger partial charge in [0.2, 0.25) is 0 Å². The van der Waals surface area contributed by atoms with Crippen LogP contribution in [-0.2, 0) is 32.2 Å². The summed E-state index contributed by atoms with van der Waals surface area (Å²) in [5.74, 6) is 0. The first-order valence-electron chi connectivity index (χ1n) is 0.943. The fourth-order valence-electron chi connectivity index (χ4n) is 0. The molecule has 0 atom stereocenters. The van der Waals surface area contributed by atoms with Crippen molar-refractivity contribution in [3.8, 4) is 0 Å². The van der Waals surface area contributed by atoms with Gasteiger partial charge in [0, 0.05) is 17.1 Å². The van der Waals surface area contributed by atoms with Crippen LogP contribution >= 0.6 is 0 Å². The minimum Gasteiger partial charge on any atom is 0 e. The molecule has 0 nitrogen and oxygen atoms in total. The van der Waals surface area contributed by atoms with Crippen molar-refractivity contribution in [2.24, 2.45) is 0 Å². The van der Waals surface area contributed by atoms with Crippen LogP contribution in [0.2, 0.25) is 0 Å². The summed E-state index contributed by atoms with van der Waals surface area (Å²) in [4.78, 5) is 0. The smallest absolute Gasteiger partial charge is 0 e. The first-order chi connectivity index (χ1) is 1.41. The molecule has 4 heavy (non-hydrogen) atoms. The number of hydrogen-bond acceptors (Lipinski definition) is 0. The van der Waals surface area contributed by atoms with Crippen molar-refractivity contribution < 1.29 is 32.2 Å². The van der Waals surface area contributed by atoms with Gasteiger partial charge in [-0.15, -0.1) is 0 Å². The molecule has 0 radical (unpaired) electrons. The van der Waals surface area contributed by atoms with E-state index < -0.39 is 0 Å². The topological polar surface area (TPSA) is 0 Å². The quantitative estimate of drug-likeness (QED) is 0.363. The van der Waals surface area contributed by atoms with Gasteiger partial charge in [-0.25, -0.2) is 0 Å². The molecule has 0 spiro atoms. The SMILES string of the molecule is B[SiH2][Co].[Fe]. The van der Waals surface area contributed by atoms with E-state index in [1.54, 1.807) is 0 Å². The second-order valence-electron chi connectivity index (χ2n) is 0.236. The Bertz CT molecular complexity index is 8.00. The Labute approximate surface area is 47.8 Å². The van der Waals surface area contributed by atoms with E-state index >= 15 is 0 Å². The molecule has 4 heteroatoms. The van der Waals surface area contributed by atoms with E-state index in [0.29, 0.717) is 0 Å². The number of rotatable bonds is 0. The molecule has 0 aromatic carbocycles. The largest absolute Gasteiger partial charge is 0 e. The summed E-state index contributed by atoms with van der Waals surface area (Å²) in [6.45, 7) is 0. The van der Waals surface area contributed by atoms with Crippen LogP contribution in [0.15, 0.2) is 0 Å². The van der Waals surface area contributed by atoms with Gasteiger partial charge in [0.15, 0.2) is 0 Å². The molecule has 0 aliphatic carbocycles. The third-order valence-electron chi connectivity index (χ3n) is 0. The first-order valence-corrected chi connectivity index (χ1v) is 5.04. The molecule has 0 bridgehead atoms. The van der Waals surface area contributed by atoms with Gasteiger partial charge >= 0.3 is 30.6 Å². The van der Waals surface area contributed by atoms with Gasteiger partial charge in [-0.3, -0.25) is 0 Å². The van der Waals surface area contributed by atoms with E-state index in [1.807, 2.05) is 0 Å². The Morgan fingerprint density at radius 1 is 1.75 bits per heavy atom. The average Bonchev–Trinajstić information content (AvgIpc) is 0.918. The Kier molecular flexibility index (Phi) is 19.9. The maximum absolute atomic E-state index is 3.97. The van der Waals surface area contributed by atoms with Crippen LogP contribution in [0.1, 0.15) is 0 Å². The van der Waals surface area contributed by atoms with E-state index in [-0.39, 0.29) is 25.1 Å². The van der Waals surface area contributed by atoms with Crippen LogP contribution in [-0.4, -0.2) is 15.5 Å². The summed E-state index contributed by atoms with van der Waals surface area (Å²) in [6, 6.07) is 0. The van der Waals surface area contributed by atoms with E-state index in [1.165, 1.54) is 0 Å². The summed E-state index contributed by atoms with van der Waals surface area (Å²) in [5.41, 5.74) is 0. The minimum absolute atomic E-state index is 0. The van der Waals surface area contributed by atoms with Gasteiger partial charge in [0.05, 0.1) is 0 Å². The summed E-state index contributed by atoms with van der Waals surface area (Å²) in [6.07, 6.45) is 0. The molecule has 0 aliphatic rings. The fourth-order valence-corrected chi connectivity index (χ4v) is 0. The molecule has 0 aromatic heterocycles. The van der Waals surface area contributed by atoms with Crippen molar-refractivity contribution >= 4 is 15.5 Å². The summed E-state index contributed by atoms with van der Waals surface area (Å²) < 4.78 is 0. The third kappa shape index (κ3) is 10.3. The van der Waals surface area contributed by atoms with Crippen molar-refractivity contribution in [1.82, 2.24) is 0 Å². The molecule has 0 aliphatic heterocycles. The Hall–Kier alpha value is 1.31. The van der Waals surface area contributed by atoms with Crippen LogP contribution in [0.4, 0.5) is 0 Å². The molecule has 0 unspecified atom stereocenters. The van der Waals surface area contributed by atoms with Gasteiger partial charge in [0.1, 0.15) is 0 Å². The zero-order valence-electron chi connectivity index (χ0n) is 2.39. The van der Waals surface area contributed by atoms with Crippen molar-refractivity contribution in [2.75, 3.05) is 0 Å². The second-order valence-corrected chi connectivity index (χ2v) is 2.92. The zero-order valence-corrected chi connectivity index (χ0v) is 5.95. The minimum atomic E-state index is 0. The maximum atomic E-state index is 3.97. The average molecular weight is 158 g/mol. The molecule has 0 amide bonds. The van der Waals surface area contributed by atoms with Gasteiger partial charge in [-0.05, 0) is 0 Å². The fraction of sp³-hybridized carbons (Fsp3) is 0. The molecule has 0 heterocycles. The molecule has 0 aromatic rings. The normalized spacial score (nSPS) is 7.50. The van der Waals surface area contributed by atoms with Crippen LogP contribution in [0, 0.1) is 0 Å². The van der Waals surface area contributed by atoms with E-state index in [0.717, 1.165) is 0 Å². The molecule has 28 valence electrons. The molecule has 0 saturated heterocycles. The molecule has 0 fully saturated rings. The summed E-state index contributed by atoms with van der Waals surface area (Å²) in [5, 5.41) is 0. The van der Waals surface area contributed by atoms with Gasteiger partial charge in [0.25, 0.3) is 0 Å². The van der Waals surface area contributed by atoms with Gasteiger partial charge < -0.3 is 0 Å². The van der Waals surface area contributed by atoms with Crippen molar-refractivity contribution in [2.45, 2.75) is 0 Å². The summed E-state index contributed by atoms with van der Waals surface area (Å²) >= 11 is 3.97. The van der Waals surface area contributed by atoms with E-state index in [2.05, 4.69) is 22.5 Å². The first kappa shape index (κ1) is 9.00. The monoisotopic (exact) mass is 158 g/mol. The van der Waals surface area contributed by atoms with Crippen LogP contribution in [0.5, 0.6) is 0 Å². The Morgan fingerprint density at radius 3 is 1.75 bits per heavy atom. The standard InChI is InChI=1S/BH4Si.Co.Fe/c1-2;;/h1-2H2;;. The predicted molar refractivity (Wildman–Crippen MR) is 17.1 cm³/mol. The van der Waals surface area contributed by atoms with Gasteiger partial charge in [-0.1, -0.05) is 0 Å². The molecular weight excluding hydrogens is 154 g/mol. The molecule has 0 N–H and O–H groups in total. The molecule has 0 saturated carbocycles.